The molecule has 0 bridgehead atoms. The predicted molar refractivity (Wildman–Crippen MR) is 81.9 cm³/mol. The Morgan fingerprint density at radius 1 is 1.26 bits per heavy atom. The number of aliphatic hydroxyl groups is 1. The Morgan fingerprint density at radius 3 is 2.58 bits per heavy atom. The fourth-order valence-corrected chi connectivity index (χ4v) is 2.52. The van der Waals surface area contributed by atoms with Crippen molar-refractivity contribution in [2.24, 2.45) is 0 Å². The molecule has 19 heavy (non-hydrogen) atoms. The molecule has 0 aliphatic heterocycles. The monoisotopic (exact) mass is 283 g/mol. The Bertz CT molecular complexity index is 399. The fourth-order valence-electron chi connectivity index (χ4n) is 1.63. The van der Waals surface area contributed by atoms with Crippen LogP contribution in [0.2, 0.25) is 0 Å². The number of hydrogen-bond donors (Lipinski definition) is 2. The Hall–Kier alpha value is -0.810. The lowest BCUT2D eigenvalue weighted by Crippen LogP contribution is -2.10. The van der Waals surface area contributed by atoms with Gasteiger partial charge in [0.25, 0.3) is 0 Å². The summed E-state index contributed by atoms with van der Waals surface area (Å²) in [6, 6.07) is 0. The molecule has 5 heteroatoms. The number of hydrogen-bond acceptors (Lipinski definition) is 5. The average Bonchev–Trinajstić information content (AvgIpc) is 2.40. The molecule has 1 atom stereocenters. The average molecular weight is 283 g/mol. The van der Waals surface area contributed by atoms with Crippen molar-refractivity contribution in [1.29, 1.82) is 0 Å². The molecular formula is C14H25N3OS. The molecule has 1 heterocycles. The van der Waals surface area contributed by atoms with Crippen molar-refractivity contribution in [2.75, 3.05) is 18.5 Å². The van der Waals surface area contributed by atoms with Crippen LogP contribution in [-0.4, -0.2) is 33.5 Å². The van der Waals surface area contributed by atoms with Crippen LogP contribution >= 0.6 is 11.8 Å². The van der Waals surface area contributed by atoms with Crippen LogP contribution in [0.25, 0.3) is 0 Å². The van der Waals surface area contributed by atoms with E-state index in [4.69, 9.17) is 0 Å². The van der Waals surface area contributed by atoms with E-state index < -0.39 is 0 Å². The molecule has 1 unspecified atom stereocenters. The van der Waals surface area contributed by atoms with Crippen molar-refractivity contribution in [1.82, 2.24) is 9.97 Å². The number of rotatable bonds is 8. The number of anilines is 1. The molecule has 1 aromatic heterocycles. The minimum Gasteiger partial charge on any atom is -0.395 e. The molecule has 1 aromatic rings. The van der Waals surface area contributed by atoms with Crippen LogP contribution in [0, 0.1) is 6.92 Å². The maximum atomic E-state index is 9.19. The van der Waals surface area contributed by atoms with Gasteiger partial charge in [-0.25, -0.2) is 9.97 Å². The SMILES string of the molecule is CCCNc1nc(CCC)nc(SC(C)CO)c1C. The summed E-state index contributed by atoms with van der Waals surface area (Å²) in [4.78, 5) is 9.21. The number of thioether (sulfide) groups is 1. The molecule has 108 valence electrons. The zero-order valence-electron chi connectivity index (χ0n) is 12.4. The summed E-state index contributed by atoms with van der Waals surface area (Å²) in [5.74, 6) is 1.83. The van der Waals surface area contributed by atoms with E-state index in [0.717, 1.165) is 48.0 Å². The van der Waals surface area contributed by atoms with Crippen LogP contribution in [-0.2, 0) is 6.42 Å². The van der Waals surface area contributed by atoms with Crippen molar-refractivity contribution in [2.45, 2.75) is 57.2 Å². The minimum absolute atomic E-state index is 0.155. The zero-order valence-corrected chi connectivity index (χ0v) is 13.2. The summed E-state index contributed by atoms with van der Waals surface area (Å²) in [6.45, 7) is 9.40. The highest BCUT2D eigenvalue weighted by Gasteiger charge is 2.13. The summed E-state index contributed by atoms with van der Waals surface area (Å²) in [5, 5.41) is 13.7. The summed E-state index contributed by atoms with van der Waals surface area (Å²) >= 11 is 1.62. The van der Waals surface area contributed by atoms with Gasteiger partial charge in [-0.1, -0.05) is 20.8 Å². The Kier molecular flexibility index (Phi) is 7.16. The van der Waals surface area contributed by atoms with Crippen LogP contribution in [0.5, 0.6) is 0 Å². The van der Waals surface area contributed by atoms with Gasteiger partial charge in [0.15, 0.2) is 0 Å². The number of nitrogens with zero attached hydrogens (tertiary/aromatic N) is 2. The van der Waals surface area contributed by atoms with E-state index in [1.165, 1.54) is 0 Å². The molecule has 0 aliphatic rings. The molecule has 0 amide bonds. The lowest BCUT2D eigenvalue weighted by atomic mass is 10.3. The fraction of sp³-hybridized carbons (Fsp3) is 0.714. The second-order valence-corrected chi connectivity index (χ2v) is 6.13. The van der Waals surface area contributed by atoms with Gasteiger partial charge in [0, 0.05) is 23.8 Å². The van der Waals surface area contributed by atoms with Crippen LogP contribution in [0.15, 0.2) is 5.03 Å². The van der Waals surface area contributed by atoms with Crippen LogP contribution < -0.4 is 5.32 Å². The van der Waals surface area contributed by atoms with E-state index in [-0.39, 0.29) is 11.9 Å². The molecule has 0 fully saturated rings. The van der Waals surface area contributed by atoms with Gasteiger partial charge in [0.2, 0.25) is 0 Å². The lowest BCUT2D eigenvalue weighted by molar-refractivity contribution is 0.300. The highest BCUT2D eigenvalue weighted by molar-refractivity contribution is 7.99. The van der Waals surface area contributed by atoms with Crippen LogP contribution in [0.3, 0.4) is 0 Å². The van der Waals surface area contributed by atoms with Gasteiger partial charge in [-0.15, -0.1) is 11.8 Å². The normalized spacial score (nSPS) is 12.5. The zero-order chi connectivity index (χ0) is 14.3. The summed E-state index contributed by atoms with van der Waals surface area (Å²) < 4.78 is 0. The molecular weight excluding hydrogens is 258 g/mol. The topological polar surface area (TPSA) is 58.0 Å². The first-order valence-electron chi connectivity index (χ1n) is 7.01. The number of aryl methyl sites for hydroxylation is 1. The van der Waals surface area contributed by atoms with Crippen molar-refractivity contribution in [3.8, 4) is 0 Å². The van der Waals surface area contributed by atoms with E-state index >= 15 is 0 Å². The standard InChI is InChI=1S/C14H25N3OS/c1-5-7-12-16-13(15-8-6-2)11(4)14(17-12)19-10(3)9-18/h10,18H,5-9H2,1-4H3,(H,15,16,17). The third-order valence-corrected chi connectivity index (χ3v) is 3.91. The Morgan fingerprint density at radius 2 is 2.00 bits per heavy atom. The summed E-state index contributed by atoms with van der Waals surface area (Å²) in [5.41, 5.74) is 1.08. The molecule has 0 saturated carbocycles. The molecule has 1 rings (SSSR count). The largest absolute Gasteiger partial charge is 0.395 e. The van der Waals surface area contributed by atoms with E-state index in [0.29, 0.717) is 0 Å². The highest BCUT2D eigenvalue weighted by atomic mass is 32.2. The molecule has 0 aromatic carbocycles. The van der Waals surface area contributed by atoms with Gasteiger partial charge in [-0.3, -0.25) is 0 Å². The Balaban J connectivity index is 3.01. The Labute approximate surface area is 120 Å². The predicted octanol–water partition coefficient (Wildman–Crippen LogP) is 3.03. The first-order valence-corrected chi connectivity index (χ1v) is 7.89. The third-order valence-electron chi connectivity index (χ3n) is 2.73. The summed E-state index contributed by atoms with van der Waals surface area (Å²) in [7, 11) is 0. The van der Waals surface area contributed by atoms with Crippen LogP contribution in [0.4, 0.5) is 5.82 Å². The lowest BCUT2D eigenvalue weighted by Gasteiger charge is -2.15. The van der Waals surface area contributed by atoms with Gasteiger partial charge in [-0.2, -0.15) is 0 Å². The quantitative estimate of drug-likeness (QED) is 0.567. The number of aliphatic hydroxyl groups excluding tert-OH is 1. The number of nitrogens with one attached hydrogen (secondary N) is 1. The first kappa shape index (κ1) is 16.2. The smallest absolute Gasteiger partial charge is 0.133 e. The highest BCUT2D eigenvalue weighted by Crippen LogP contribution is 2.28. The molecule has 0 saturated heterocycles. The molecule has 0 spiro atoms. The molecule has 4 nitrogen and oxygen atoms in total. The van der Waals surface area contributed by atoms with E-state index in [1.807, 2.05) is 13.8 Å². The van der Waals surface area contributed by atoms with Gasteiger partial charge >= 0.3 is 0 Å². The number of aromatic nitrogens is 2. The van der Waals surface area contributed by atoms with E-state index in [2.05, 4.69) is 29.1 Å². The second kappa shape index (κ2) is 8.38. The van der Waals surface area contributed by atoms with Gasteiger partial charge < -0.3 is 10.4 Å². The van der Waals surface area contributed by atoms with Crippen LogP contribution in [0.1, 0.15) is 45.0 Å². The van der Waals surface area contributed by atoms with Crippen molar-refractivity contribution < 1.29 is 5.11 Å². The first-order chi connectivity index (χ1) is 9.12. The van der Waals surface area contributed by atoms with Gasteiger partial charge in [0.1, 0.15) is 16.7 Å². The molecule has 0 aliphatic carbocycles. The minimum atomic E-state index is 0.155. The van der Waals surface area contributed by atoms with E-state index in [1.54, 1.807) is 11.8 Å². The maximum Gasteiger partial charge on any atom is 0.133 e. The second-order valence-electron chi connectivity index (χ2n) is 4.71. The summed E-state index contributed by atoms with van der Waals surface area (Å²) in [6.07, 6.45) is 3.00. The van der Waals surface area contributed by atoms with Crippen molar-refractivity contribution >= 4 is 17.6 Å². The third kappa shape index (κ3) is 4.99. The molecule has 0 radical (unpaired) electrons. The molecule has 2 N–H and O–H groups in total. The van der Waals surface area contributed by atoms with Gasteiger partial charge in [0.05, 0.1) is 6.61 Å². The van der Waals surface area contributed by atoms with Gasteiger partial charge in [-0.05, 0) is 19.8 Å². The van der Waals surface area contributed by atoms with E-state index in [9.17, 15) is 5.11 Å². The maximum absolute atomic E-state index is 9.19. The van der Waals surface area contributed by atoms with Crippen molar-refractivity contribution in [3.05, 3.63) is 11.4 Å². The van der Waals surface area contributed by atoms with Crippen molar-refractivity contribution in [3.63, 3.8) is 0 Å².